The molecule has 1 aliphatic carbocycles. The van der Waals surface area contributed by atoms with Crippen molar-refractivity contribution in [1.82, 2.24) is 25.4 Å². The van der Waals surface area contributed by atoms with E-state index >= 15 is 0 Å². The number of nitrogens with zero attached hydrogens (tertiary/aromatic N) is 4. The number of aromatic nitrogens is 3. The van der Waals surface area contributed by atoms with Crippen LogP contribution in [-0.4, -0.2) is 64.3 Å². The molecule has 0 spiro atoms. The summed E-state index contributed by atoms with van der Waals surface area (Å²) in [6, 6.07) is -0.233. The van der Waals surface area contributed by atoms with Gasteiger partial charge >= 0.3 is 6.03 Å². The van der Waals surface area contributed by atoms with E-state index in [9.17, 15) is 9.59 Å². The monoisotopic (exact) mass is 424 g/mol. The van der Waals surface area contributed by atoms with Gasteiger partial charge in [-0.05, 0) is 25.7 Å². The Morgan fingerprint density at radius 2 is 1.86 bits per heavy atom. The van der Waals surface area contributed by atoms with Gasteiger partial charge in [-0.15, -0.1) is 10.2 Å². The molecule has 0 radical (unpaired) electrons. The van der Waals surface area contributed by atoms with Crippen molar-refractivity contribution in [2.45, 2.75) is 69.4 Å². The van der Waals surface area contributed by atoms with Crippen LogP contribution >= 0.6 is 11.8 Å². The lowest BCUT2D eigenvalue weighted by atomic mass is 10.2. The summed E-state index contributed by atoms with van der Waals surface area (Å²) in [5.74, 6) is 0.903. The Kier molecular flexibility index (Phi) is 7.77. The molecule has 0 unspecified atom stereocenters. The van der Waals surface area contributed by atoms with Crippen LogP contribution in [0.1, 0.15) is 46.5 Å². The van der Waals surface area contributed by atoms with Crippen molar-refractivity contribution in [1.29, 1.82) is 0 Å². The van der Waals surface area contributed by atoms with Gasteiger partial charge in [-0.25, -0.2) is 4.79 Å². The van der Waals surface area contributed by atoms with E-state index in [0.29, 0.717) is 24.3 Å². The molecule has 2 N–H and O–H groups in total. The fraction of sp³-hybridized carbons (Fsp3) is 0.789. The zero-order chi connectivity index (χ0) is 20.8. The van der Waals surface area contributed by atoms with Gasteiger partial charge in [0, 0.05) is 25.7 Å². The number of rotatable bonds is 7. The van der Waals surface area contributed by atoms with E-state index < -0.39 is 11.3 Å². The first kappa shape index (κ1) is 21.9. The smallest absolute Gasteiger partial charge is 0.321 e. The summed E-state index contributed by atoms with van der Waals surface area (Å²) >= 11 is 1.33. The highest BCUT2D eigenvalue weighted by molar-refractivity contribution is 8.00. The van der Waals surface area contributed by atoms with E-state index in [2.05, 4.69) is 44.1 Å². The summed E-state index contributed by atoms with van der Waals surface area (Å²) in [4.78, 5) is 26.8. The third kappa shape index (κ3) is 6.08. The molecule has 162 valence electrons. The zero-order valence-electron chi connectivity index (χ0n) is 17.5. The first-order chi connectivity index (χ1) is 13.9. The number of hydrogen-bond acceptors (Lipinski definition) is 7. The molecule has 9 nitrogen and oxygen atoms in total. The highest BCUT2D eigenvalue weighted by Gasteiger charge is 2.25. The molecule has 1 saturated carbocycles. The Bertz CT molecular complexity index is 698. The molecule has 1 aromatic rings. The minimum Gasteiger partial charge on any atom is -0.378 e. The normalized spacial score (nSPS) is 18.8. The summed E-state index contributed by atoms with van der Waals surface area (Å²) in [6.45, 7) is 9.72. The van der Waals surface area contributed by atoms with E-state index in [0.717, 1.165) is 51.3 Å². The van der Waals surface area contributed by atoms with Crippen LogP contribution in [0.25, 0.3) is 0 Å². The number of urea groups is 1. The third-order valence-corrected chi connectivity index (χ3v) is 6.20. The summed E-state index contributed by atoms with van der Waals surface area (Å²) in [5.41, 5.74) is 0. The minimum absolute atomic E-state index is 0.177. The molecule has 3 amide bonds. The number of anilines is 1. The number of ether oxygens (including phenoxy) is 1. The van der Waals surface area contributed by atoms with Crippen molar-refractivity contribution in [2.75, 3.05) is 31.2 Å². The summed E-state index contributed by atoms with van der Waals surface area (Å²) in [6.07, 6.45) is 4.22. The molecule has 3 rings (SSSR count). The summed E-state index contributed by atoms with van der Waals surface area (Å²) in [7, 11) is 0. The standard InChI is InChI=1S/C19H32N6O3S/c1-13(2)12-25-18(24-8-10-28-11-9-24)22-23-19(25)29-14(3)16(26)21-17(27)20-15-6-4-5-7-15/h13-15H,4-12H2,1-3H3,(H2,20,21,26,27)/t14-/m0/s1. The highest BCUT2D eigenvalue weighted by atomic mass is 32.2. The molecule has 0 bridgehead atoms. The second kappa shape index (κ2) is 10.3. The molecule has 0 aromatic carbocycles. The van der Waals surface area contributed by atoms with E-state index in [1.54, 1.807) is 6.92 Å². The number of carbonyl (C=O) groups excluding carboxylic acids is 2. The number of amides is 3. The molecule has 1 atom stereocenters. The maximum Gasteiger partial charge on any atom is 0.321 e. The molecule has 2 heterocycles. The van der Waals surface area contributed by atoms with Crippen LogP contribution in [0.4, 0.5) is 10.7 Å². The van der Waals surface area contributed by atoms with Crippen molar-refractivity contribution >= 4 is 29.6 Å². The largest absolute Gasteiger partial charge is 0.378 e. The fourth-order valence-electron chi connectivity index (χ4n) is 3.61. The van der Waals surface area contributed by atoms with Crippen LogP contribution in [0, 0.1) is 5.92 Å². The van der Waals surface area contributed by atoms with Gasteiger partial charge in [-0.1, -0.05) is 38.5 Å². The highest BCUT2D eigenvalue weighted by Crippen LogP contribution is 2.27. The van der Waals surface area contributed by atoms with Gasteiger partial charge in [0.05, 0.1) is 18.5 Å². The van der Waals surface area contributed by atoms with Gasteiger partial charge in [0.25, 0.3) is 0 Å². The van der Waals surface area contributed by atoms with Crippen molar-refractivity contribution in [3.63, 3.8) is 0 Å². The van der Waals surface area contributed by atoms with Crippen molar-refractivity contribution in [3.8, 4) is 0 Å². The first-order valence-electron chi connectivity index (χ1n) is 10.5. The van der Waals surface area contributed by atoms with Crippen LogP contribution in [0.5, 0.6) is 0 Å². The Labute approximate surface area is 176 Å². The van der Waals surface area contributed by atoms with Gasteiger partial charge in [0.2, 0.25) is 11.9 Å². The molecule has 1 aliphatic heterocycles. The number of nitrogens with one attached hydrogen (secondary N) is 2. The Balaban J connectivity index is 1.62. The molecule has 29 heavy (non-hydrogen) atoms. The lowest BCUT2D eigenvalue weighted by Gasteiger charge is -2.28. The molecule has 1 saturated heterocycles. The lowest BCUT2D eigenvalue weighted by Crippen LogP contribution is -2.46. The number of hydrogen-bond donors (Lipinski definition) is 2. The molecule has 2 fully saturated rings. The topological polar surface area (TPSA) is 101 Å². The maximum atomic E-state index is 12.5. The lowest BCUT2D eigenvalue weighted by molar-refractivity contribution is -0.119. The Morgan fingerprint density at radius 1 is 1.17 bits per heavy atom. The second-order valence-corrected chi connectivity index (χ2v) is 9.40. The molecule has 2 aliphatic rings. The number of carbonyl (C=O) groups is 2. The summed E-state index contributed by atoms with van der Waals surface area (Å²) < 4.78 is 7.51. The second-order valence-electron chi connectivity index (χ2n) is 8.09. The minimum atomic E-state index is -0.461. The average Bonchev–Trinajstić information content (AvgIpc) is 3.32. The van der Waals surface area contributed by atoms with Crippen molar-refractivity contribution in [2.24, 2.45) is 5.92 Å². The van der Waals surface area contributed by atoms with Crippen LogP contribution in [0.15, 0.2) is 5.16 Å². The van der Waals surface area contributed by atoms with E-state index in [4.69, 9.17) is 4.74 Å². The van der Waals surface area contributed by atoms with E-state index in [1.165, 1.54) is 11.8 Å². The molecule has 10 heteroatoms. The molecular formula is C19H32N6O3S. The average molecular weight is 425 g/mol. The number of morpholine rings is 1. The first-order valence-corrected chi connectivity index (χ1v) is 11.4. The van der Waals surface area contributed by atoms with Crippen LogP contribution < -0.4 is 15.5 Å². The van der Waals surface area contributed by atoms with E-state index in [-0.39, 0.29) is 11.9 Å². The summed E-state index contributed by atoms with van der Waals surface area (Å²) in [5, 5.41) is 14.3. The van der Waals surface area contributed by atoms with Crippen LogP contribution in [0.2, 0.25) is 0 Å². The third-order valence-electron chi connectivity index (χ3n) is 5.12. The molecule has 1 aromatic heterocycles. The quantitative estimate of drug-likeness (QED) is 0.646. The van der Waals surface area contributed by atoms with Crippen molar-refractivity contribution in [3.05, 3.63) is 0 Å². The maximum absolute atomic E-state index is 12.5. The number of thioether (sulfide) groups is 1. The van der Waals surface area contributed by atoms with Gasteiger partial charge in [-0.2, -0.15) is 0 Å². The predicted molar refractivity (Wildman–Crippen MR) is 112 cm³/mol. The van der Waals surface area contributed by atoms with Gasteiger partial charge < -0.3 is 15.0 Å². The predicted octanol–water partition coefficient (Wildman–Crippen LogP) is 2.02. The van der Waals surface area contributed by atoms with Gasteiger partial charge in [-0.3, -0.25) is 14.7 Å². The Hall–Kier alpha value is -1.81. The van der Waals surface area contributed by atoms with Gasteiger partial charge in [0.1, 0.15) is 0 Å². The SMILES string of the molecule is CC(C)Cn1c(S[C@@H](C)C(=O)NC(=O)NC2CCCC2)nnc1N1CCOCC1. The molecular weight excluding hydrogens is 392 g/mol. The fourth-order valence-corrected chi connectivity index (χ4v) is 4.46. The van der Waals surface area contributed by atoms with Crippen molar-refractivity contribution < 1.29 is 14.3 Å². The van der Waals surface area contributed by atoms with E-state index in [1.807, 2.05) is 0 Å². The van der Waals surface area contributed by atoms with Crippen LogP contribution in [-0.2, 0) is 16.1 Å². The van der Waals surface area contributed by atoms with Gasteiger partial charge in [0.15, 0.2) is 5.16 Å². The van der Waals surface area contributed by atoms with Crippen LogP contribution in [0.3, 0.4) is 0 Å². The zero-order valence-corrected chi connectivity index (χ0v) is 18.3. The number of imide groups is 1. The Morgan fingerprint density at radius 3 is 2.52 bits per heavy atom.